The van der Waals surface area contributed by atoms with Gasteiger partial charge in [0.05, 0.1) is 16.5 Å². The summed E-state index contributed by atoms with van der Waals surface area (Å²) in [5.41, 5.74) is 1.73. The van der Waals surface area contributed by atoms with E-state index in [4.69, 9.17) is 0 Å². The van der Waals surface area contributed by atoms with Crippen LogP contribution in [0.25, 0.3) is 10.9 Å². The number of carbonyl (C=O) groups excluding carboxylic acids is 1. The van der Waals surface area contributed by atoms with Crippen molar-refractivity contribution in [3.05, 3.63) is 42.1 Å². The van der Waals surface area contributed by atoms with Crippen LogP contribution in [0.4, 0.5) is 0 Å². The zero-order chi connectivity index (χ0) is 12.5. The number of para-hydroxylation sites is 1. The number of fused-ring (bicyclic) bond motifs is 1. The molecule has 0 aliphatic carbocycles. The number of rotatable bonds is 2. The van der Waals surface area contributed by atoms with E-state index in [1.807, 2.05) is 43.3 Å². The van der Waals surface area contributed by atoms with Crippen LogP contribution in [0.2, 0.25) is 0 Å². The van der Waals surface area contributed by atoms with Crippen LogP contribution >= 0.6 is 11.8 Å². The Kier molecular flexibility index (Phi) is 2.88. The Morgan fingerprint density at radius 1 is 1.22 bits per heavy atom. The third-order valence-electron chi connectivity index (χ3n) is 2.93. The Hall–Kier alpha value is -1.68. The molecule has 0 saturated carbocycles. The van der Waals surface area contributed by atoms with Crippen molar-refractivity contribution < 1.29 is 4.79 Å². The maximum atomic E-state index is 11.6. The normalized spacial score (nSPS) is 19.3. The lowest BCUT2D eigenvalue weighted by Gasteiger charge is -2.03. The van der Waals surface area contributed by atoms with E-state index in [9.17, 15) is 4.79 Å². The summed E-state index contributed by atoms with van der Waals surface area (Å²) in [6.45, 7) is 2.00. The number of carbonyl (C=O) groups is 1. The molecule has 3 nitrogen and oxygen atoms in total. The van der Waals surface area contributed by atoms with Crippen LogP contribution in [0.5, 0.6) is 0 Å². The van der Waals surface area contributed by atoms with Gasteiger partial charge in [-0.25, -0.2) is 9.98 Å². The van der Waals surface area contributed by atoms with Gasteiger partial charge in [0.1, 0.15) is 5.04 Å². The van der Waals surface area contributed by atoms with Gasteiger partial charge < -0.3 is 0 Å². The average molecular weight is 256 g/mol. The molecule has 90 valence electrons. The molecule has 1 unspecified atom stereocenters. The van der Waals surface area contributed by atoms with Crippen molar-refractivity contribution in [3.8, 4) is 0 Å². The van der Waals surface area contributed by atoms with Gasteiger partial charge in [0.25, 0.3) is 5.91 Å². The Bertz CT molecular complexity index is 651. The van der Waals surface area contributed by atoms with E-state index >= 15 is 0 Å². The summed E-state index contributed by atoms with van der Waals surface area (Å²) in [6.07, 6.45) is 0.810. The molecular formula is C14H12N2OS. The number of aliphatic imine (C=N–C) groups is 1. The van der Waals surface area contributed by atoms with Crippen molar-refractivity contribution in [2.45, 2.75) is 18.6 Å². The molecule has 1 aliphatic heterocycles. The lowest BCUT2D eigenvalue weighted by molar-refractivity contribution is -0.117. The number of nitrogens with zero attached hydrogens (tertiary/aromatic N) is 2. The number of thioether (sulfide) groups is 1. The van der Waals surface area contributed by atoms with E-state index < -0.39 is 0 Å². The average Bonchev–Trinajstić information content (AvgIpc) is 2.79. The zero-order valence-corrected chi connectivity index (χ0v) is 10.8. The Morgan fingerprint density at radius 2 is 2.06 bits per heavy atom. The second kappa shape index (κ2) is 4.53. The minimum absolute atomic E-state index is 0.0340. The van der Waals surface area contributed by atoms with Crippen molar-refractivity contribution in [3.63, 3.8) is 0 Å². The van der Waals surface area contributed by atoms with Crippen molar-refractivity contribution >= 4 is 33.6 Å². The molecule has 1 aromatic heterocycles. The number of hydrogen-bond donors (Lipinski definition) is 0. The molecule has 0 radical (unpaired) electrons. The predicted molar refractivity (Wildman–Crippen MR) is 75.0 cm³/mol. The number of hydrogen-bond acceptors (Lipinski definition) is 3. The molecule has 3 rings (SSSR count). The van der Waals surface area contributed by atoms with Crippen LogP contribution < -0.4 is 0 Å². The maximum absolute atomic E-state index is 11.6. The first kappa shape index (κ1) is 11.4. The predicted octanol–water partition coefficient (Wildman–Crippen LogP) is 3.03. The smallest absolute Gasteiger partial charge is 0.260 e. The third kappa shape index (κ3) is 1.93. The molecule has 1 atom stereocenters. The molecular weight excluding hydrogens is 244 g/mol. The minimum Gasteiger partial charge on any atom is -0.271 e. The molecule has 2 aromatic rings. The summed E-state index contributed by atoms with van der Waals surface area (Å²) in [7, 11) is 0. The minimum atomic E-state index is -0.0348. The molecule has 1 amide bonds. The molecule has 0 bridgehead atoms. The van der Waals surface area contributed by atoms with E-state index in [2.05, 4.69) is 9.98 Å². The highest BCUT2D eigenvalue weighted by atomic mass is 32.2. The monoisotopic (exact) mass is 256 g/mol. The number of benzene rings is 1. The van der Waals surface area contributed by atoms with Gasteiger partial charge >= 0.3 is 0 Å². The Labute approximate surface area is 109 Å². The molecule has 2 heterocycles. The van der Waals surface area contributed by atoms with Crippen molar-refractivity contribution in [2.75, 3.05) is 0 Å². The van der Waals surface area contributed by atoms with Crippen LogP contribution in [0.3, 0.4) is 0 Å². The number of amides is 1. The van der Waals surface area contributed by atoms with E-state index in [-0.39, 0.29) is 11.2 Å². The molecule has 0 N–H and O–H groups in total. The van der Waals surface area contributed by atoms with Crippen LogP contribution in [0, 0.1) is 0 Å². The van der Waals surface area contributed by atoms with Gasteiger partial charge in [-0.3, -0.25) is 4.79 Å². The van der Waals surface area contributed by atoms with Gasteiger partial charge in [-0.05, 0) is 18.6 Å². The highest BCUT2D eigenvalue weighted by Gasteiger charge is 2.27. The molecule has 4 heteroatoms. The van der Waals surface area contributed by atoms with Crippen LogP contribution in [0.1, 0.15) is 19.0 Å². The van der Waals surface area contributed by atoms with Crippen molar-refractivity contribution in [1.29, 1.82) is 0 Å². The second-order valence-electron chi connectivity index (χ2n) is 4.16. The summed E-state index contributed by atoms with van der Waals surface area (Å²) in [5.74, 6) is -0.0348. The van der Waals surface area contributed by atoms with Gasteiger partial charge in [0, 0.05) is 5.39 Å². The molecule has 0 fully saturated rings. The quantitative estimate of drug-likeness (QED) is 0.829. The van der Waals surface area contributed by atoms with Crippen molar-refractivity contribution in [2.24, 2.45) is 4.99 Å². The van der Waals surface area contributed by atoms with Crippen LogP contribution in [-0.2, 0) is 4.79 Å². The summed E-state index contributed by atoms with van der Waals surface area (Å²) in [4.78, 5) is 20.3. The molecule has 1 aromatic carbocycles. The second-order valence-corrected chi connectivity index (χ2v) is 5.35. The first-order valence-electron chi connectivity index (χ1n) is 5.93. The SMILES string of the molecule is CCC1SC(c2ccc3ccccc3n2)=NC1=O. The first-order chi connectivity index (χ1) is 8.78. The zero-order valence-electron chi connectivity index (χ0n) is 9.96. The number of aromatic nitrogens is 1. The van der Waals surface area contributed by atoms with E-state index in [1.165, 1.54) is 11.8 Å². The standard InChI is InChI=1S/C14H12N2OS/c1-2-12-13(17)16-14(18-12)11-8-7-9-5-3-4-6-10(9)15-11/h3-8,12H,2H2,1H3. The molecule has 1 aliphatic rings. The summed E-state index contributed by atoms with van der Waals surface area (Å²) in [5, 5.41) is 1.81. The Balaban J connectivity index is 2.01. The summed E-state index contributed by atoms with van der Waals surface area (Å²) in [6, 6.07) is 11.9. The lowest BCUT2D eigenvalue weighted by atomic mass is 10.2. The fourth-order valence-electron chi connectivity index (χ4n) is 1.94. The molecule has 0 saturated heterocycles. The third-order valence-corrected chi connectivity index (χ3v) is 4.27. The summed E-state index contributed by atoms with van der Waals surface area (Å²) < 4.78 is 0. The van der Waals surface area contributed by atoms with Gasteiger partial charge in [-0.15, -0.1) is 0 Å². The first-order valence-corrected chi connectivity index (χ1v) is 6.81. The Morgan fingerprint density at radius 3 is 2.83 bits per heavy atom. The van der Waals surface area contributed by atoms with Crippen molar-refractivity contribution in [1.82, 2.24) is 4.98 Å². The molecule has 18 heavy (non-hydrogen) atoms. The highest BCUT2D eigenvalue weighted by Crippen LogP contribution is 2.28. The van der Waals surface area contributed by atoms with E-state index in [0.717, 1.165) is 28.1 Å². The number of pyridine rings is 1. The lowest BCUT2D eigenvalue weighted by Crippen LogP contribution is -2.07. The topological polar surface area (TPSA) is 42.3 Å². The fourth-order valence-corrected chi connectivity index (χ4v) is 2.91. The fraction of sp³-hybridized carbons (Fsp3) is 0.214. The van der Waals surface area contributed by atoms with Gasteiger partial charge in [0.2, 0.25) is 0 Å². The highest BCUT2D eigenvalue weighted by molar-refractivity contribution is 8.16. The van der Waals surface area contributed by atoms with Gasteiger partial charge in [-0.2, -0.15) is 0 Å². The maximum Gasteiger partial charge on any atom is 0.260 e. The van der Waals surface area contributed by atoms with Crippen LogP contribution in [0.15, 0.2) is 41.4 Å². The largest absolute Gasteiger partial charge is 0.271 e. The molecule has 0 spiro atoms. The van der Waals surface area contributed by atoms with Gasteiger partial charge in [0.15, 0.2) is 0 Å². The van der Waals surface area contributed by atoms with E-state index in [1.54, 1.807) is 0 Å². The van der Waals surface area contributed by atoms with E-state index in [0.29, 0.717) is 0 Å². The van der Waals surface area contributed by atoms with Gasteiger partial charge in [-0.1, -0.05) is 43.0 Å². The summed E-state index contributed by atoms with van der Waals surface area (Å²) >= 11 is 1.52. The van der Waals surface area contributed by atoms with Crippen LogP contribution in [-0.4, -0.2) is 21.2 Å².